The Morgan fingerprint density at radius 3 is 2.50 bits per heavy atom. The molecule has 0 radical (unpaired) electrons. The van der Waals surface area contributed by atoms with Crippen LogP contribution in [0.4, 0.5) is 17.1 Å². The lowest BCUT2D eigenvalue weighted by molar-refractivity contribution is 0.732. The maximum atomic E-state index is 4.18. The number of para-hydroxylation sites is 2. The maximum absolute atomic E-state index is 4.18. The van der Waals surface area contributed by atoms with Gasteiger partial charge in [0.15, 0.2) is 0 Å². The summed E-state index contributed by atoms with van der Waals surface area (Å²) in [5.74, 6) is 0. The highest BCUT2D eigenvalue weighted by Gasteiger charge is 2.31. The lowest BCUT2D eigenvalue weighted by atomic mass is 10.2. The second-order valence-corrected chi connectivity index (χ2v) is 4.76. The van der Waals surface area contributed by atoms with Gasteiger partial charge in [-0.25, -0.2) is 0 Å². The van der Waals surface area contributed by atoms with Gasteiger partial charge in [-0.1, -0.05) is 12.1 Å². The molecule has 2 aromatic rings. The molecule has 0 aliphatic carbocycles. The minimum atomic E-state index is 0.323. The van der Waals surface area contributed by atoms with Crippen molar-refractivity contribution in [1.29, 1.82) is 0 Å². The van der Waals surface area contributed by atoms with E-state index >= 15 is 0 Å². The van der Waals surface area contributed by atoms with Crippen LogP contribution < -0.4 is 9.80 Å². The number of fused-ring (bicyclic) bond motifs is 1. The first-order valence-corrected chi connectivity index (χ1v) is 6.22. The van der Waals surface area contributed by atoms with Crippen LogP contribution in [0.5, 0.6) is 0 Å². The molecule has 0 fully saturated rings. The van der Waals surface area contributed by atoms with E-state index in [0.717, 1.165) is 0 Å². The number of rotatable bonds is 1. The highest BCUT2D eigenvalue weighted by molar-refractivity contribution is 5.83. The molecule has 18 heavy (non-hydrogen) atoms. The number of hydrogen-bond donors (Lipinski definition) is 0. The Morgan fingerprint density at radius 1 is 1.06 bits per heavy atom. The van der Waals surface area contributed by atoms with Crippen molar-refractivity contribution in [2.75, 3.05) is 16.8 Å². The molecule has 3 nitrogen and oxygen atoms in total. The molecule has 0 unspecified atom stereocenters. The molecule has 0 saturated heterocycles. The quantitative estimate of drug-likeness (QED) is 0.761. The van der Waals surface area contributed by atoms with Crippen molar-refractivity contribution in [3.8, 4) is 0 Å². The van der Waals surface area contributed by atoms with Gasteiger partial charge in [0, 0.05) is 25.1 Å². The molecule has 0 amide bonds. The predicted octanol–water partition coefficient (Wildman–Crippen LogP) is 3.32. The van der Waals surface area contributed by atoms with E-state index in [9.17, 15) is 0 Å². The fourth-order valence-electron chi connectivity index (χ4n) is 2.61. The normalized spacial score (nSPS) is 18.1. The molecular formula is C15H17N3. The minimum absolute atomic E-state index is 0.323. The van der Waals surface area contributed by atoms with E-state index in [1.165, 1.54) is 22.6 Å². The van der Waals surface area contributed by atoms with E-state index in [-0.39, 0.29) is 0 Å². The summed E-state index contributed by atoms with van der Waals surface area (Å²) in [5, 5.41) is 0. The number of aryl methyl sites for hydroxylation is 1. The Labute approximate surface area is 108 Å². The third kappa shape index (κ3) is 1.47. The summed E-state index contributed by atoms with van der Waals surface area (Å²) < 4.78 is 0. The number of anilines is 3. The second-order valence-electron chi connectivity index (χ2n) is 4.76. The van der Waals surface area contributed by atoms with Crippen molar-refractivity contribution in [1.82, 2.24) is 4.98 Å². The van der Waals surface area contributed by atoms with Crippen LogP contribution in [-0.4, -0.2) is 18.2 Å². The van der Waals surface area contributed by atoms with Gasteiger partial charge in [-0.2, -0.15) is 0 Å². The highest BCUT2D eigenvalue weighted by Crippen LogP contribution is 2.43. The molecule has 1 atom stereocenters. The molecule has 1 aliphatic heterocycles. The summed E-state index contributed by atoms with van der Waals surface area (Å²) in [6.07, 6.45) is 4.10. The Morgan fingerprint density at radius 2 is 1.78 bits per heavy atom. The summed E-state index contributed by atoms with van der Waals surface area (Å²) in [6.45, 7) is 4.33. The minimum Gasteiger partial charge on any atom is -0.353 e. The van der Waals surface area contributed by atoms with E-state index in [4.69, 9.17) is 0 Å². The van der Waals surface area contributed by atoms with Crippen LogP contribution in [0.15, 0.2) is 42.7 Å². The number of nitrogens with zero attached hydrogens (tertiary/aromatic N) is 3. The lowest BCUT2D eigenvalue weighted by Crippen LogP contribution is -2.35. The second kappa shape index (κ2) is 4.02. The average Bonchev–Trinajstić information content (AvgIpc) is 2.64. The summed E-state index contributed by atoms with van der Waals surface area (Å²) >= 11 is 0. The molecule has 0 bridgehead atoms. The van der Waals surface area contributed by atoms with Crippen molar-refractivity contribution in [2.24, 2.45) is 0 Å². The Balaban J connectivity index is 2.16. The van der Waals surface area contributed by atoms with Crippen LogP contribution in [0, 0.1) is 6.92 Å². The van der Waals surface area contributed by atoms with E-state index in [2.05, 4.69) is 66.0 Å². The van der Waals surface area contributed by atoms with Crippen molar-refractivity contribution in [3.63, 3.8) is 0 Å². The van der Waals surface area contributed by atoms with Crippen LogP contribution in [0.3, 0.4) is 0 Å². The van der Waals surface area contributed by atoms with Gasteiger partial charge < -0.3 is 9.80 Å². The Hall–Kier alpha value is -2.03. The largest absolute Gasteiger partial charge is 0.353 e. The van der Waals surface area contributed by atoms with Crippen LogP contribution >= 0.6 is 0 Å². The number of aromatic nitrogens is 1. The number of hydrogen-bond acceptors (Lipinski definition) is 3. The zero-order chi connectivity index (χ0) is 12.7. The summed E-state index contributed by atoms with van der Waals surface area (Å²) in [6, 6.07) is 10.6. The van der Waals surface area contributed by atoms with Gasteiger partial charge in [-0.3, -0.25) is 4.98 Å². The first kappa shape index (κ1) is 11.1. The van der Waals surface area contributed by atoms with Crippen molar-refractivity contribution < 1.29 is 0 Å². The van der Waals surface area contributed by atoms with Gasteiger partial charge in [-0.15, -0.1) is 0 Å². The monoisotopic (exact) mass is 239 g/mol. The topological polar surface area (TPSA) is 19.4 Å². The lowest BCUT2D eigenvalue weighted by Gasteiger charge is -2.28. The van der Waals surface area contributed by atoms with E-state index in [1.807, 2.05) is 12.4 Å². The smallest absolute Gasteiger partial charge is 0.103 e. The van der Waals surface area contributed by atoms with Crippen LogP contribution in [0.2, 0.25) is 0 Å². The molecule has 0 saturated carbocycles. The highest BCUT2D eigenvalue weighted by atomic mass is 15.4. The maximum Gasteiger partial charge on any atom is 0.103 e. The van der Waals surface area contributed by atoms with Gasteiger partial charge >= 0.3 is 0 Å². The van der Waals surface area contributed by atoms with Gasteiger partial charge in [0.25, 0.3) is 0 Å². The van der Waals surface area contributed by atoms with Gasteiger partial charge in [0.1, 0.15) is 6.17 Å². The molecule has 0 N–H and O–H groups in total. The molecular weight excluding hydrogens is 222 g/mol. The molecule has 1 aliphatic rings. The fraction of sp³-hybridized carbons (Fsp3) is 0.267. The van der Waals surface area contributed by atoms with Gasteiger partial charge in [0.05, 0.1) is 11.4 Å². The van der Waals surface area contributed by atoms with Crippen molar-refractivity contribution >= 4 is 17.1 Å². The Kier molecular flexibility index (Phi) is 2.47. The standard InChI is InChI=1S/C15H17N3/c1-11-10-16-9-8-13(11)18-12(2)17(3)14-6-4-5-7-15(14)18/h4-10,12H,1-3H3/t12-/m0/s1. The number of pyridine rings is 1. The first-order valence-electron chi connectivity index (χ1n) is 6.22. The van der Waals surface area contributed by atoms with Crippen LogP contribution in [0.1, 0.15) is 12.5 Å². The van der Waals surface area contributed by atoms with Crippen molar-refractivity contribution in [3.05, 3.63) is 48.3 Å². The third-order valence-electron chi connectivity index (χ3n) is 3.71. The van der Waals surface area contributed by atoms with Crippen LogP contribution in [0.25, 0.3) is 0 Å². The molecule has 0 spiro atoms. The fourth-order valence-corrected chi connectivity index (χ4v) is 2.61. The zero-order valence-corrected chi connectivity index (χ0v) is 11.0. The first-order chi connectivity index (χ1) is 8.70. The zero-order valence-electron chi connectivity index (χ0n) is 11.0. The summed E-state index contributed by atoms with van der Waals surface area (Å²) in [7, 11) is 2.14. The average molecular weight is 239 g/mol. The molecule has 2 heterocycles. The van der Waals surface area contributed by atoms with Gasteiger partial charge in [0.2, 0.25) is 0 Å². The van der Waals surface area contributed by atoms with E-state index < -0.39 is 0 Å². The predicted molar refractivity (Wildman–Crippen MR) is 75.4 cm³/mol. The summed E-state index contributed by atoms with van der Waals surface area (Å²) in [4.78, 5) is 8.84. The Bertz CT molecular complexity index is 579. The number of benzene rings is 1. The van der Waals surface area contributed by atoms with E-state index in [1.54, 1.807) is 0 Å². The van der Waals surface area contributed by atoms with Crippen LogP contribution in [-0.2, 0) is 0 Å². The third-order valence-corrected chi connectivity index (χ3v) is 3.71. The van der Waals surface area contributed by atoms with Gasteiger partial charge in [-0.05, 0) is 37.6 Å². The SMILES string of the molecule is Cc1cnccc1N1c2ccccc2N(C)[C@@H]1C. The molecule has 3 rings (SSSR count). The molecule has 1 aromatic heterocycles. The molecule has 92 valence electrons. The molecule has 1 aromatic carbocycles. The molecule has 3 heteroatoms. The van der Waals surface area contributed by atoms with Crippen molar-refractivity contribution in [2.45, 2.75) is 20.0 Å². The van der Waals surface area contributed by atoms with E-state index in [0.29, 0.717) is 6.17 Å². The summed E-state index contributed by atoms with van der Waals surface area (Å²) in [5.41, 5.74) is 4.98.